The minimum atomic E-state index is -0.763. The number of carboxylic acid groups (broad SMARTS) is 1. The SMILES string of the molecule is O=C(O)[C@@H]1CN(Cc2cccc3cccnc23)C[C@H]1c1ccc2c(c1)OCO2. The highest BCUT2D eigenvalue weighted by Gasteiger charge is 2.39. The summed E-state index contributed by atoms with van der Waals surface area (Å²) in [4.78, 5) is 18.7. The summed E-state index contributed by atoms with van der Waals surface area (Å²) in [5.41, 5.74) is 3.08. The molecule has 2 aliphatic rings. The van der Waals surface area contributed by atoms with Crippen LogP contribution in [0.2, 0.25) is 0 Å². The van der Waals surface area contributed by atoms with E-state index in [0.717, 1.165) is 22.0 Å². The smallest absolute Gasteiger partial charge is 0.308 e. The van der Waals surface area contributed by atoms with E-state index in [1.165, 1.54) is 0 Å². The minimum Gasteiger partial charge on any atom is -0.481 e. The van der Waals surface area contributed by atoms with E-state index in [1.54, 1.807) is 6.20 Å². The van der Waals surface area contributed by atoms with Gasteiger partial charge in [0.1, 0.15) is 0 Å². The van der Waals surface area contributed by atoms with Crippen LogP contribution in [0, 0.1) is 5.92 Å². The van der Waals surface area contributed by atoms with Gasteiger partial charge in [0.05, 0.1) is 11.4 Å². The van der Waals surface area contributed by atoms with E-state index in [0.29, 0.717) is 31.1 Å². The van der Waals surface area contributed by atoms with Gasteiger partial charge in [0, 0.05) is 37.1 Å². The van der Waals surface area contributed by atoms with Crippen LogP contribution in [0.4, 0.5) is 0 Å². The first-order valence-corrected chi connectivity index (χ1v) is 9.36. The molecular weight excluding hydrogens is 356 g/mol. The van der Waals surface area contributed by atoms with Crippen molar-refractivity contribution in [2.24, 2.45) is 5.92 Å². The fraction of sp³-hybridized carbons (Fsp3) is 0.273. The molecule has 1 aromatic heterocycles. The van der Waals surface area contributed by atoms with Crippen molar-refractivity contribution in [2.75, 3.05) is 19.9 Å². The molecule has 1 N–H and O–H groups in total. The van der Waals surface area contributed by atoms with Crippen LogP contribution in [0.5, 0.6) is 11.5 Å². The number of carboxylic acids is 1. The second-order valence-electron chi connectivity index (χ2n) is 7.35. The number of likely N-dealkylation sites (tertiary alicyclic amines) is 1. The first kappa shape index (κ1) is 17.0. The van der Waals surface area contributed by atoms with Gasteiger partial charge in [-0.1, -0.05) is 30.3 Å². The summed E-state index contributed by atoms with van der Waals surface area (Å²) in [6, 6.07) is 15.9. The standard InChI is InChI=1S/C22H20N2O4/c25-22(26)18-12-24(10-16-4-1-3-14-5-2-8-23-21(14)16)11-17(18)15-6-7-19-20(9-15)28-13-27-19/h1-9,17-18H,10-13H2,(H,25,26)/t17-,18+/m0/s1. The van der Waals surface area contributed by atoms with E-state index in [4.69, 9.17) is 9.47 Å². The zero-order valence-corrected chi connectivity index (χ0v) is 15.2. The molecule has 0 bridgehead atoms. The van der Waals surface area contributed by atoms with Gasteiger partial charge in [-0.05, 0) is 29.3 Å². The van der Waals surface area contributed by atoms with Gasteiger partial charge in [-0.2, -0.15) is 0 Å². The Hall–Kier alpha value is -3.12. The second kappa shape index (κ2) is 6.80. The molecule has 2 aliphatic heterocycles. The van der Waals surface area contributed by atoms with Gasteiger partial charge in [0.15, 0.2) is 11.5 Å². The molecule has 3 aromatic rings. The molecule has 0 spiro atoms. The zero-order valence-electron chi connectivity index (χ0n) is 15.2. The van der Waals surface area contributed by atoms with Gasteiger partial charge >= 0.3 is 5.97 Å². The van der Waals surface area contributed by atoms with Crippen molar-refractivity contribution in [3.05, 3.63) is 65.9 Å². The summed E-state index contributed by atoms with van der Waals surface area (Å²) in [7, 11) is 0. The Morgan fingerprint density at radius 2 is 1.96 bits per heavy atom. The van der Waals surface area contributed by atoms with E-state index >= 15 is 0 Å². The number of pyridine rings is 1. The molecule has 0 radical (unpaired) electrons. The minimum absolute atomic E-state index is 0.0880. The molecule has 1 fully saturated rings. The first-order valence-electron chi connectivity index (χ1n) is 9.36. The third kappa shape index (κ3) is 2.96. The Balaban J connectivity index is 1.42. The number of ether oxygens (including phenoxy) is 2. The van der Waals surface area contributed by atoms with E-state index in [-0.39, 0.29) is 12.7 Å². The number of carbonyl (C=O) groups is 1. The Kier molecular flexibility index (Phi) is 4.13. The van der Waals surface area contributed by atoms with Crippen LogP contribution in [0.1, 0.15) is 17.0 Å². The monoisotopic (exact) mass is 376 g/mol. The normalized spacial score (nSPS) is 21.3. The maximum absolute atomic E-state index is 11.9. The lowest BCUT2D eigenvalue weighted by Crippen LogP contribution is -2.23. The van der Waals surface area contributed by atoms with Gasteiger partial charge in [-0.3, -0.25) is 14.7 Å². The van der Waals surface area contributed by atoms with E-state index in [1.807, 2.05) is 42.5 Å². The molecule has 0 unspecified atom stereocenters. The van der Waals surface area contributed by atoms with Gasteiger partial charge in [0.25, 0.3) is 0 Å². The van der Waals surface area contributed by atoms with Gasteiger partial charge in [0.2, 0.25) is 6.79 Å². The number of hydrogen-bond acceptors (Lipinski definition) is 5. The highest BCUT2D eigenvalue weighted by molar-refractivity contribution is 5.81. The molecule has 2 aromatic carbocycles. The average molecular weight is 376 g/mol. The molecule has 2 atom stereocenters. The van der Waals surface area contributed by atoms with Gasteiger partial charge in [-0.15, -0.1) is 0 Å². The largest absolute Gasteiger partial charge is 0.481 e. The average Bonchev–Trinajstić information content (AvgIpc) is 3.34. The lowest BCUT2D eigenvalue weighted by atomic mass is 9.89. The number of benzene rings is 2. The lowest BCUT2D eigenvalue weighted by molar-refractivity contribution is -0.141. The highest BCUT2D eigenvalue weighted by atomic mass is 16.7. The van der Waals surface area contributed by atoms with Crippen LogP contribution < -0.4 is 9.47 Å². The number of para-hydroxylation sites is 1. The second-order valence-corrected chi connectivity index (χ2v) is 7.35. The van der Waals surface area contributed by atoms with Crippen molar-refractivity contribution in [1.29, 1.82) is 0 Å². The predicted octanol–water partition coefficient (Wildman–Crippen LogP) is 3.26. The summed E-state index contributed by atoms with van der Waals surface area (Å²) in [6.07, 6.45) is 1.80. The molecule has 142 valence electrons. The molecule has 0 aliphatic carbocycles. The molecule has 28 heavy (non-hydrogen) atoms. The van der Waals surface area contributed by atoms with E-state index < -0.39 is 11.9 Å². The van der Waals surface area contributed by atoms with Gasteiger partial charge in [-0.25, -0.2) is 0 Å². The van der Waals surface area contributed by atoms with Crippen molar-refractivity contribution >= 4 is 16.9 Å². The summed E-state index contributed by atoms with van der Waals surface area (Å²) >= 11 is 0. The number of aliphatic carboxylic acids is 1. The molecule has 0 amide bonds. The summed E-state index contributed by atoms with van der Waals surface area (Å²) in [5.74, 6) is 0.102. The molecule has 6 heteroatoms. The van der Waals surface area contributed by atoms with Crippen LogP contribution in [-0.4, -0.2) is 40.8 Å². The van der Waals surface area contributed by atoms with Crippen molar-refractivity contribution in [3.8, 4) is 11.5 Å². The van der Waals surface area contributed by atoms with E-state index in [2.05, 4.69) is 16.0 Å². The molecule has 5 rings (SSSR count). The van der Waals surface area contributed by atoms with Crippen molar-refractivity contribution in [1.82, 2.24) is 9.88 Å². The predicted molar refractivity (Wildman–Crippen MR) is 103 cm³/mol. The third-order valence-corrected chi connectivity index (χ3v) is 5.65. The maximum atomic E-state index is 11.9. The number of aromatic nitrogens is 1. The van der Waals surface area contributed by atoms with Crippen LogP contribution in [-0.2, 0) is 11.3 Å². The number of rotatable bonds is 4. The number of hydrogen-bond donors (Lipinski definition) is 1. The van der Waals surface area contributed by atoms with Crippen molar-refractivity contribution in [2.45, 2.75) is 12.5 Å². The third-order valence-electron chi connectivity index (χ3n) is 5.65. The Bertz CT molecular complexity index is 1050. The molecular formula is C22H20N2O4. The fourth-order valence-corrected chi connectivity index (χ4v) is 4.28. The molecule has 3 heterocycles. The number of fused-ring (bicyclic) bond motifs is 2. The molecule has 0 saturated carbocycles. The Morgan fingerprint density at radius 3 is 2.86 bits per heavy atom. The van der Waals surface area contributed by atoms with Crippen molar-refractivity contribution < 1.29 is 19.4 Å². The Labute approximate surface area is 162 Å². The topological polar surface area (TPSA) is 71.9 Å². The summed E-state index contributed by atoms with van der Waals surface area (Å²) in [6.45, 7) is 2.09. The Morgan fingerprint density at radius 1 is 1.11 bits per heavy atom. The van der Waals surface area contributed by atoms with Crippen LogP contribution in [0.15, 0.2) is 54.7 Å². The summed E-state index contributed by atoms with van der Waals surface area (Å²) in [5, 5.41) is 10.9. The lowest BCUT2D eigenvalue weighted by Gasteiger charge is -2.17. The van der Waals surface area contributed by atoms with Crippen molar-refractivity contribution in [3.63, 3.8) is 0 Å². The van der Waals surface area contributed by atoms with Gasteiger partial charge < -0.3 is 14.6 Å². The quantitative estimate of drug-likeness (QED) is 0.754. The molecule has 6 nitrogen and oxygen atoms in total. The van der Waals surface area contributed by atoms with E-state index in [9.17, 15) is 9.90 Å². The van der Waals surface area contributed by atoms with Crippen LogP contribution in [0.25, 0.3) is 10.9 Å². The van der Waals surface area contributed by atoms with Crippen LogP contribution in [0.3, 0.4) is 0 Å². The number of nitrogens with zero attached hydrogens (tertiary/aromatic N) is 2. The zero-order chi connectivity index (χ0) is 19.1. The fourth-order valence-electron chi connectivity index (χ4n) is 4.28. The highest BCUT2D eigenvalue weighted by Crippen LogP contribution is 2.39. The summed E-state index contributed by atoms with van der Waals surface area (Å²) < 4.78 is 10.8. The maximum Gasteiger partial charge on any atom is 0.308 e. The first-order chi connectivity index (χ1) is 13.7. The molecule has 1 saturated heterocycles. The van der Waals surface area contributed by atoms with Crippen LogP contribution >= 0.6 is 0 Å².